The number of nitro groups is 1. The monoisotopic (exact) mass is 510 g/mol. The summed E-state index contributed by atoms with van der Waals surface area (Å²) in [5.74, 6) is 0.173. The second-order valence-electron chi connectivity index (χ2n) is 10.0. The number of nitrogens with zero attached hydrogens (tertiary/aromatic N) is 3. The normalized spacial score (nSPS) is 18.7. The van der Waals surface area contributed by atoms with E-state index in [1.54, 1.807) is 0 Å². The number of hydrogen-bond acceptors (Lipinski definition) is 6. The third kappa shape index (κ3) is 5.39. The Bertz CT molecular complexity index is 1110. The Labute approximate surface area is 212 Å². The van der Waals surface area contributed by atoms with Crippen molar-refractivity contribution in [3.8, 4) is 0 Å². The Morgan fingerprint density at radius 2 is 1.54 bits per heavy atom. The maximum atomic E-state index is 11.4. The summed E-state index contributed by atoms with van der Waals surface area (Å²) in [4.78, 5) is 18.7. The molecule has 2 aromatic carbocycles. The van der Waals surface area contributed by atoms with Gasteiger partial charge in [0.1, 0.15) is 6.20 Å². The maximum Gasteiger partial charge on any atom is 0.329 e. The van der Waals surface area contributed by atoms with Crippen molar-refractivity contribution in [3.05, 3.63) is 82.3 Å². The second-order valence-corrected chi connectivity index (χ2v) is 14.6. The molecule has 1 aromatic heterocycles. The van der Waals surface area contributed by atoms with Gasteiger partial charge in [-0.2, -0.15) is 4.98 Å². The van der Waals surface area contributed by atoms with Gasteiger partial charge < -0.3 is 9.74 Å². The molecule has 0 radical (unpaired) electrons. The first-order chi connectivity index (χ1) is 16.7. The summed E-state index contributed by atoms with van der Waals surface area (Å²) in [6.45, 7) is 6.85. The van der Waals surface area contributed by atoms with Crippen molar-refractivity contribution in [2.45, 2.75) is 63.6 Å². The maximum absolute atomic E-state index is 11.4. The highest BCUT2D eigenvalue weighted by Crippen LogP contribution is 2.39. The highest BCUT2D eigenvalue weighted by molar-refractivity contribution is 6.99. The molecule has 1 aliphatic rings. The van der Waals surface area contributed by atoms with Crippen molar-refractivity contribution in [1.29, 1.82) is 0 Å². The van der Waals surface area contributed by atoms with Crippen LogP contribution in [0.3, 0.4) is 0 Å². The molecular formula is C26H31ClN4O3Si. The average Bonchev–Trinajstić information content (AvgIpc) is 2.84. The molecule has 1 N–H and O–H groups in total. The van der Waals surface area contributed by atoms with Crippen LogP contribution in [0.25, 0.3) is 0 Å². The fourth-order valence-corrected chi connectivity index (χ4v) is 9.94. The molecule has 0 spiro atoms. The van der Waals surface area contributed by atoms with Crippen LogP contribution in [0.4, 0.5) is 11.5 Å². The Morgan fingerprint density at radius 3 is 2.03 bits per heavy atom. The predicted molar refractivity (Wildman–Crippen MR) is 142 cm³/mol. The van der Waals surface area contributed by atoms with Gasteiger partial charge in [0.15, 0.2) is 0 Å². The topological polar surface area (TPSA) is 90.2 Å². The minimum Gasteiger partial charge on any atom is -0.404 e. The highest BCUT2D eigenvalue weighted by atomic mass is 35.5. The fourth-order valence-electron chi connectivity index (χ4n) is 5.05. The molecule has 184 valence electrons. The van der Waals surface area contributed by atoms with Crippen molar-refractivity contribution in [3.63, 3.8) is 0 Å². The van der Waals surface area contributed by atoms with Crippen LogP contribution in [-0.4, -0.2) is 35.4 Å². The molecule has 0 unspecified atom stereocenters. The van der Waals surface area contributed by atoms with Gasteiger partial charge in [0.25, 0.3) is 8.32 Å². The zero-order valence-electron chi connectivity index (χ0n) is 20.3. The van der Waals surface area contributed by atoms with Gasteiger partial charge >= 0.3 is 5.69 Å². The van der Waals surface area contributed by atoms with Crippen molar-refractivity contribution in [1.82, 2.24) is 9.97 Å². The summed E-state index contributed by atoms with van der Waals surface area (Å²) < 4.78 is 7.25. The van der Waals surface area contributed by atoms with Gasteiger partial charge in [-0.25, -0.2) is 4.98 Å². The van der Waals surface area contributed by atoms with E-state index < -0.39 is 13.2 Å². The van der Waals surface area contributed by atoms with Gasteiger partial charge in [-0.05, 0) is 52.7 Å². The van der Waals surface area contributed by atoms with E-state index in [4.69, 9.17) is 16.0 Å². The molecule has 0 aliphatic heterocycles. The van der Waals surface area contributed by atoms with Crippen molar-refractivity contribution in [2.24, 2.45) is 0 Å². The van der Waals surface area contributed by atoms with Gasteiger partial charge in [-0.1, -0.05) is 81.4 Å². The van der Waals surface area contributed by atoms with E-state index in [1.165, 1.54) is 10.4 Å². The number of halogens is 1. The summed E-state index contributed by atoms with van der Waals surface area (Å²) in [5, 5.41) is 17.0. The third-order valence-electron chi connectivity index (χ3n) is 6.71. The molecule has 7 nitrogen and oxygen atoms in total. The Morgan fingerprint density at radius 1 is 1.00 bits per heavy atom. The van der Waals surface area contributed by atoms with Crippen molar-refractivity contribution < 1.29 is 9.35 Å². The van der Waals surface area contributed by atoms with E-state index in [2.05, 4.69) is 84.6 Å². The smallest absolute Gasteiger partial charge is 0.329 e. The minimum absolute atomic E-state index is 0.0122. The van der Waals surface area contributed by atoms with Crippen LogP contribution in [0.2, 0.25) is 10.3 Å². The van der Waals surface area contributed by atoms with Crippen LogP contribution in [0.1, 0.15) is 46.5 Å². The number of nitrogens with one attached hydrogen (secondary N) is 1. The van der Waals surface area contributed by atoms with Gasteiger partial charge in [0.05, 0.1) is 4.92 Å². The number of rotatable bonds is 7. The average molecular weight is 511 g/mol. The summed E-state index contributed by atoms with van der Waals surface area (Å²) in [5.41, 5.74) is -0.167. The van der Waals surface area contributed by atoms with Gasteiger partial charge in [-0.3, -0.25) is 10.1 Å². The van der Waals surface area contributed by atoms with Crippen LogP contribution >= 0.6 is 11.6 Å². The first kappa shape index (κ1) is 25.3. The largest absolute Gasteiger partial charge is 0.404 e. The van der Waals surface area contributed by atoms with Crippen molar-refractivity contribution >= 4 is 41.8 Å². The summed E-state index contributed by atoms with van der Waals surface area (Å²) in [6.07, 6.45) is 4.60. The Kier molecular flexibility index (Phi) is 7.54. The molecule has 1 heterocycles. The quantitative estimate of drug-likeness (QED) is 0.200. The molecule has 3 aromatic rings. The second kappa shape index (κ2) is 10.4. The van der Waals surface area contributed by atoms with Crippen LogP contribution in [0.15, 0.2) is 66.9 Å². The number of aromatic nitrogens is 2. The molecule has 0 bridgehead atoms. The third-order valence-corrected chi connectivity index (χ3v) is 12.0. The fraction of sp³-hybridized carbons (Fsp3) is 0.385. The molecule has 1 aliphatic carbocycles. The standard InChI is InChI=1S/C26H31ClN4O3Si/c1-26(2,3)35(21-10-6-4-7-11-21,22-12-8-5-9-13-22)34-20-16-14-19(15-17-20)29-24-23(31(32)33)18-28-25(27)30-24/h4-13,18-20H,14-17H2,1-3H3,(H,28,29,30)/t19-,20-. The highest BCUT2D eigenvalue weighted by Gasteiger charge is 2.51. The molecule has 35 heavy (non-hydrogen) atoms. The first-order valence-corrected chi connectivity index (χ1v) is 14.2. The zero-order valence-corrected chi connectivity index (χ0v) is 22.0. The summed E-state index contributed by atoms with van der Waals surface area (Å²) in [7, 11) is -2.61. The van der Waals surface area contributed by atoms with Crippen LogP contribution in [0.5, 0.6) is 0 Å². The van der Waals surface area contributed by atoms with Gasteiger partial charge in [0.2, 0.25) is 11.1 Å². The van der Waals surface area contributed by atoms with E-state index >= 15 is 0 Å². The van der Waals surface area contributed by atoms with Gasteiger partial charge in [-0.15, -0.1) is 0 Å². The lowest BCUT2D eigenvalue weighted by molar-refractivity contribution is -0.384. The molecule has 0 amide bonds. The first-order valence-electron chi connectivity index (χ1n) is 11.9. The number of benzene rings is 2. The lowest BCUT2D eigenvalue weighted by Gasteiger charge is -2.46. The molecule has 0 atom stereocenters. The SMILES string of the molecule is CC(C)(C)[Si](O[C@H]1CC[C@H](Nc2nc(Cl)ncc2[N+](=O)[O-])CC1)(c1ccccc1)c1ccccc1. The summed E-state index contributed by atoms with van der Waals surface area (Å²) >= 11 is 5.89. The van der Waals surface area contributed by atoms with Crippen molar-refractivity contribution in [2.75, 3.05) is 5.32 Å². The lowest BCUT2D eigenvalue weighted by Crippen LogP contribution is -2.67. The van der Waals surface area contributed by atoms with E-state index in [9.17, 15) is 10.1 Å². The molecular weight excluding hydrogens is 480 g/mol. The van der Waals surface area contributed by atoms with E-state index in [-0.39, 0.29) is 34.0 Å². The molecule has 1 saturated carbocycles. The van der Waals surface area contributed by atoms with Gasteiger partial charge in [0, 0.05) is 12.1 Å². The van der Waals surface area contributed by atoms with E-state index in [1.807, 2.05) is 12.1 Å². The molecule has 0 saturated heterocycles. The van der Waals surface area contributed by atoms with E-state index in [0.29, 0.717) is 0 Å². The minimum atomic E-state index is -2.61. The van der Waals surface area contributed by atoms with E-state index in [0.717, 1.165) is 31.9 Å². The predicted octanol–water partition coefficient (Wildman–Crippen LogP) is 5.34. The lowest BCUT2D eigenvalue weighted by atomic mass is 9.93. The Balaban J connectivity index is 1.56. The van der Waals surface area contributed by atoms with Crippen LogP contribution in [-0.2, 0) is 4.43 Å². The summed E-state index contributed by atoms with van der Waals surface area (Å²) in [6, 6.07) is 21.3. The molecule has 1 fully saturated rings. The number of hydrogen-bond donors (Lipinski definition) is 1. The molecule has 9 heteroatoms. The Hall–Kier alpha value is -2.81. The number of anilines is 1. The van der Waals surface area contributed by atoms with Crippen LogP contribution in [0, 0.1) is 10.1 Å². The van der Waals surface area contributed by atoms with Crippen LogP contribution < -0.4 is 15.7 Å². The zero-order chi connectivity index (χ0) is 25.1. The molecule has 4 rings (SSSR count).